The lowest BCUT2D eigenvalue weighted by atomic mass is 9.68. The number of halogens is 3. The van der Waals surface area contributed by atoms with E-state index in [1.807, 2.05) is 0 Å². The fourth-order valence-electron chi connectivity index (χ4n) is 5.53. The van der Waals surface area contributed by atoms with Gasteiger partial charge in [-0.15, -0.1) is 0 Å². The largest absolute Gasteiger partial charge is 0.401 e. The van der Waals surface area contributed by atoms with Crippen LogP contribution < -0.4 is 5.32 Å². The normalized spacial score (nSPS) is 24.5. The first-order valence-corrected chi connectivity index (χ1v) is 12.0. The van der Waals surface area contributed by atoms with E-state index in [0.29, 0.717) is 24.9 Å². The van der Waals surface area contributed by atoms with E-state index < -0.39 is 12.7 Å². The number of alkyl halides is 3. The van der Waals surface area contributed by atoms with Gasteiger partial charge in [-0.1, -0.05) is 39.3 Å². The van der Waals surface area contributed by atoms with Crippen molar-refractivity contribution in [3.05, 3.63) is 42.2 Å². The highest BCUT2D eigenvalue weighted by Crippen LogP contribution is 2.46. The van der Waals surface area contributed by atoms with Gasteiger partial charge in [0.2, 0.25) is 0 Å². The molecule has 32 heavy (non-hydrogen) atoms. The molecule has 0 amide bonds. The quantitative estimate of drug-likeness (QED) is 0.511. The first-order chi connectivity index (χ1) is 15.2. The Kier molecular flexibility index (Phi) is 6.62. The second-order valence-corrected chi connectivity index (χ2v) is 10.2. The molecule has 2 aliphatic carbocycles. The van der Waals surface area contributed by atoms with E-state index in [1.165, 1.54) is 42.1 Å². The summed E-state index contributed by atoms with van der Waals surface area (Å²) in [5.41, 5.74) is 5.15. The molecule has 3 nitrogen and oxygen atoms in total. The van der Waals surface area contributed by atoms with E-state index in [4.69, 9.17) is 0 Å². The molecule has 2 saturated carbocycles. The zero-order valence-electron chi connectivity index (χ0n) is 19.3. The van der Waals surface area contributed by atoms with Gasteiger partial charge in [0.1, 0.15) is 0 Å². The summed E-state index contributed by atoms with van der Waals surface area (Å²) in [4.78, 5) is 4.89. The van der Waals surface area contributed by atoms with Gasteiger partial charge < -0.3 is 10.3 Å². The summed E-state index contributed by atoms with van der Waals surface area (Å²) in [5, 5.41) is 4.80. The molecule has 6 heteroatoms. The Hall–Kier alpha value is -1.95. The molecule has 2 atom stereocenters. The summed E-state index contributed by atoms with van der Waals surface area (Å²) >= 11 is 0. The number of nitrogens with zero attached hydrogens (tertiary/aromatic N) is 1. The SMILES string of the molecule is C=C(Nc1c[nH]c2ccc(CC)cc12)C1(C)CCC1.FC(F)(F)CN1CC2CCCC2C1. The summed E-state index contributed by atoms with van der Waals surface area (Å²) in [7, 11) is 0. The van der Waals surface area contributed by atoms with Crippen LogP contribution in [0.5, 0.6) is 0 Å². The molecule has 176 valence electrons. The summed E-state index contributed by atoms with van der Waals surface area (Å²) in [6, 6.07) is 6.61. The van der Waals surface area contributed by atoms with Crippen LogP contribution in [0.25, 0.3) is 10.9 Å². The van der Waals surface area contributed by atoms with E-state index in [9.17, 15) is 13.2 Å². The Morgan fingerprint density at radius 2 is 1.88 bits per heavy atom. The van der Waals surface area contributed by atoms with Gasteiger partial charge >= 0.3 is 6.18 Å². The van der Waals surface area contributed by atoms with E-state index in [0.717, 1.165) is 30.6 Å². The van der Waals surface area contributed by atoms with Crippen LogP contribution in [-0.4, -0.2) is 35.7 Å². The number of nitrogens with one attached hydrogen (secondary N) is 2. The fourth-order valence-corrected chi connectivity index (χ4v) is 5.53. The molecule has 5 rings (SSSR count). The van der Waals surface area contributed by atoms with Crippen molar-refractivity contribution in [3.8, 4) is 0 Å². The van der Waals surface area contributed by atoms with Crippen LogP contribution in [0.1, 0.15) is 57.9 Å². The maximum atomic E-state index is 12.0. The Morgan fingerprint density at radius 3 is 2.44 bits per heavy atom. The Morgan fingerprint density at radius 1 is 1.19 bits per heavy atom. The predicted molar refractivity (Wildman–Crippen MR) is 126 cm³/mol. The Bertz CT molecular complexity index is 929. The summed E-state index contributed by atoms with van der Waals surface area (Å²) in [6.45, 7) is 9.37. The first kappa shape index (κ1) is 23.2. The van der Waals surface area contributed by atoms with Crippen LogP contribution in [0.15, 0.2) is 36.7 Å². The van der Waals surface area contributed by atoms with Gasteiger partial charge in [-0.05, 0) is 61.6 Å². The Balaban J connectivity index is 0.000000165. The molecule has 1 aromatic heterocycles. The zero-order valence-corrected chi connectivity index (χ0v) is 19.3. The van der Waals surface area contributed by atoms with E-state index in [2.05, 4.69) is 55.1 Å². The average Bonchev–Trinajstić information content (AvgIpc) is 3.40. The number of H-pyrrole nitrogens is 1. The molecular formula is C26H36F3N3. The lowest BCUT2D eigenvalue weighted by molar-refractivity contribution is -0.144. The number of anilines is 1. The van der Waals surface area contributed by atoms with E-state index >= 15 is 0 Å². The standard InChI is InChI=1S/C17H22N2.C9H14F3N/c1-4-13-6-7-15-14(10-13)16(11-18-15)19-12(2)17(3)8-5-9-17;10-9(11,12)6-13-4-7-2-1-3-8(7)5-13/h6-7,10-11,18-19H,2,4-5,8-9H2,1,3H3;7-8H,1-6H2. The molecule has 3 aliphatic rings. The van der Waals surface area contributed by atoms with Crippen molar-refractivity contribution in [1.29, 1.82) is 0 Å². The smallest absolute Gasteiger partial charge is 0.359 e. The molecule has 2 N–H and O–H groups in total. The summed E-state index contributed by atoms with van der Waals surface area (Å²) in [5.74, 6) is 1.12. The van der Waals surface area contributed by atoms with Gasteiger partial charge in [0.15, 0.2) is 0 Å². The number of likely N-dealkylation sites (tertiary alicyclic amines) is 1. The van der Waals surface area contributed by atoms with Crippen LogP contribution in [-0.2, 0) is 6.42 Å². The minimum absolute atomic E-state index is 0.284. The van der Waals surface area contributed by atoms with Crippen molar-refractivity contribution in [3.63, 3.8) is 0 Å². The highest BCUT2D eigenvalue weighted by atomic mass is 19.4. The third-order valence-electron chi connectivity index (χ3n) is 7.83. The van der Waals surface area contributed by atoms with Crippen molar-refractivity contribution in [2.75, 3.05) is 25.0 Å². The lowest BCUT2D eigenvalue weighted by Gasteiger charge is -2.40. The number of fused-ring (bicyclic) bond motifs is 2. The van der Waals surface area contributed by atoms with Crippen LogP contribution in [0.3, 0.4) is 0 Å². The van der Waals surface area contributed by atoms with Gasteiger partial charge in [0.25, 0.3) is 0 Å². The Labute approximate surface area is 189 Å². The summed E-state index contributed by atoms with van der Waals surface area (Å²) in [6.07, 6.45) is 6.43. The molecule has 1 saturated heterocycles. The first-order valence-electron chi connectivity index (χ1n) is 12.0. The van der Waals surface area contributed by atoms with E-state index in [1.54, 1.807) is 4.90 Å². The number of rotatable bonds is 5. The molecule has 2 unspecified atom stereocenters. The molecule has 0 bridgehead atoms. The van der Waals surface area contributed by atoms with Crippen LogP contribution >= 0.6 is 0 Å². The lowest BCUT2D eigenvalue weighted by Crippen LogP contribution is -2.33. The van der Waals surface area contributed by atoms with Crippen molar-refractivity contribution in [1.82, 2.24) is 9.88 Å². The number of aryl methyl sites for hydroxylation is 1. The van der Waals surface area contributed by atoms with Gasteiger partial charge in [0.05, 0.1) is 12.2 Å². The monoisotopic (exact) mass is 447 g/mol. The maximum absolute atomic E-state index is 12.0. The van der Waals surface area contributed by atoms with Gasteiger partial charge in [0, 0.05) is 41.3 Å². The molecule has 0 radical (unpaired) electrons. The number of allylic oxidation sites excluding steroid dienone is 1. The molecule has 1 aromatic carbocycles. The van der Waals surface area contributed by atoms with E-state index in [-0.39, 0.29) is 5.41 Å². The number of benzene rings is 1. The molecule has 3 fully saturated rings. The number of hydrogen-bond acceptors (Lipinski definition) is 2. The van der Waals surface area contributed by atoms with Gasteiger partial charge in [-0.3, -0.25) is 4.90 Å². The second-order valence-electron chi connectivity index (χ2n) is 10.2. The molecule has 2 aromatic rings. The third kappa shape index (κ3) is 5.16. The van der Waals surface area contributed by atoms with Crippen LogP contribution in [0.4, 0.5) is 18.9 Å². The second kappa shape index (κ2) is 9.12. The number of aromatic amines is 1. The van der Waals surface area contributed by atoms with Gasteiger partial charge in [-0.2, -0.15) is 13.2 Å². The van der Waals surface area contributed by atoms with Crippen LogP contribution in [0.2, 0.25) is 0 Å². The van der Waals surface area contributed by atoms with Gasteiger partial charge in [-0.25, -0.2) is 0 Å². The maximum Gasteiger partial charge on any atom is 0.401 e. The number of aromatic nitrogens is 1. The molecule has 0 spiro atoms. The minimum Gasteiger partial charge on any atom is -0.359 e. The minimum atomic E-state index is -4.02. The number of hydrogen-bond donors (Lipinski definition) is 2. The molecular weight excluding hydrogens is 411 g/mol. The zero-order chi connectivity index (χ0) is 22.9. The fraction of sp³-hybridized carbons (Fsp3) is 0.615. The molecule has 1 aliphatic heterocycles. The predicted octanol–water partition coefficient (Wildman–Crippen LogP) is 7.13. The topological polar surface area (TPSA) is 31.1 Å². The average molecular weight is 448 g/mol. The van der Waals surface area contributed by atoms with Crippen LogP contribution in [0, 0.1) is 17.3 Å². The van der Waals surface area contributed by atoms with Crippen molar-refractivity contribution in [2.45, 2.75) is 65.0 Å². The third-order valence-corrected chi connectivity index (χ3v) is 7.83. The van der Waals surface area contributed by atoms with Crippen molar-refractivity contribution >= 4 is 16.6 Å². The molecule has 2 heterocycles. The highest BCUT2D eigenvalue weighted by Gasteiger charge is 2.40. The summed E-state index contributed by atoms with van der Waals surface area (Å²) < 4.78 is 36.1. The van der Waals surface area contributed by atoms with Crippen molar-refractivity contribution < 1.29 is 13.2 Å². The van der Waals surface area contributed by atoms with Crippen molar-refractivity contribution in [2.24, 2.45) is 17.3 Å². The highest BCUT2D eigenvalue weighted by molar-refractivity contribution is 5.93.